The molecule has 7 heteroatoms. The summed E-state index contributed by atoms with van der Waals surface area (Å²) in [7, 11) is 0. The van der Waals surface area contributed by atoms with Crippen molar-refractivity contribution in [1.82, 2.24) is 4.90 Å². The van der Waals surface area contributed by atoms with E-state index in [4.69, 9.17) is 14.2 Å². The Bertz CT molecular complexity index is 647. The first kappa shape index (κ1) is 20.9. The van der Waals surface area contributed by atoms with Gasteiger partial charge in [0.05, 0.1) is 19.8 Å². The largest absolute Gasteiger partial charge is 0.490 e. The first-order valence-electron chi connectivity index (χ1n) is 9.53. The topological polar surface area (TPSA) is 85.3 Å². The van der Waals surface area contributed by atoms with E-state index >= 15 is 0 Å². The number of benzene rings is 1. The lowest BCUT2D eigenvalue weighted by Gasteiger charge is -2.36. The van der Waals surface area contributed by atoms with Crippen molar-refractivity contribution in [2.45, 2.75) is 46.6 Å². The maximum atomic E-state index is 13.1. The van der Waals surface area contributed by atoms with Gasteiger partial charge in [0.1, 0.15) is 6.04 Å². The van der Waals surface area contributed by atoms with E-state index in [9.17, 15) is 14.7 Å². The van der Waals surface area contributed by atoms with Gasteiger partial charge in [-0.2, -0.15) is 0 Å². The first-order valence-corrected chi connectivity index (χ1v) is 9.53. The van der Waals surface area contributed by atoms with Gasteiger partial charge in [0.2, 0.25) is 5.75 Å². The molecule has 1 aliphatic rings. The second kappa shape index (κ2) is 9.48. The third-order valence-corrected chi connectivity index (χ3v) is 4.57. The smallest absolute Gasteiger partial charge is 0.326 e. The molecule has 1 heterocycles. The molecule has 0 aliphatic carbocycles. The average molecular weight is 379 g/mol. The van der Waals surface area contributed by atoms with Crippen LogP contribution in [0.15, 0.2) is 12.1 Å². The van der Waals surface area contributed by atoms with Crippen molar-refractivity contribution in [1.29, 1.82) is 0 Å². The zero-order valence-corrected chi connectivity index (χ0v) is 16.5. The summed E-state index contributed by atoms with van der Waals surface area (Å²) in [5.74, 6) is 0.264. The van der Waals surface area contributed by atoms with Crippen molar-refractivity contribution in [3.8, 4) is 17.2 Å². The van der Waals surface area contributed by atoms with Gasteiger partial charge in [-0.05, 0) is 51.7 Å². The molecular formula is C20H29NO6. The zero-order valence-electron chi connectivity index (χ0n) is 16.5. The average Bonchev–Trinajstić information content (AvgIpc) is 2.63. The number of carboxylic acids is 1. The SMILES string of the molecule is CCOc1cc(C(=O)N2CCC(C)CC2C(=O)O)cc(OCC)c1OCC. The Hall–Kier alpha value is -2.44. The number of ether oxygens (including phenoxy) is 3. The Balaban J connectivity index is 2.43. The first-order chi connectivity index (χ1) is 12.9. The maximum absolute atomic E-state index is 13.1. The molecule has 1 fully saturated rings. The Morgan fingerprint density at radius 2 is 1.63 bits per heavy atom. The molecule has 0 bridgehead atoms. The number of rotatable bonds is 8. The van der Waals surface area contributed by atoms with Crippen LogP contribution in [0.1, 0.15) is 50.9 Å². The fourth-order valence-electron chi connectivity index (χ4n) is 3.30. The molecule has 1 aromatic rings. The molecule has 1 aliphatic heterocycles. The van der Waals surface area contributed by atoms with Crippen LogP contribution in [0.4, 0.5) is 0 Å². The lowest BCUT2D eigenvalue weighted by molar-refractivity contribution is -0.144. The molecule has 2 unspecified atom stereocenters. The predicted molar refractivity (Wildman–Crippen MR) is 101 cm³/mol. The molecule has 0 aromatic heterocycles. The van der Waals surface area contributed by atoms with Gasteiger partial charge in [0, 0.05) is 12.1 Å². The lowest BCUT2D eigenvalue weighted by Crippen LogP contribution is -2.49. The van der Waals surface area contributed by atoms with Gasteiger partial charge in [0.25, 0.3) is 5.91 Å². The number of likely N-dealkylation sites (tertiary alicyclic amines) is 1. The molecule has 2 rings (SSSR count). The number of nitrogens with zero attached hydrogens (tertiary/aromatic N) is 1. The Morgan fingerprint density at radius 3 is 2.11 bits per heavy atom. The van der Waals surface area contributed by atoms with Gasteiger partial charge in [-0.15, -0.1) is 0 Å². The summed E-state index contributed by atoms with van der Waals surface area (Å²) in [6, 6.07) is 2.39. The lowest BCUT2D eigenvalue weighted by atomic mass is 9.92. The number of carboxylic acid groups (broad SMARTS) is 1. The van der Waals surface area contributed by atoms with Crippen LogP contribution in [0, 0.1) is 5.92 Å². The van der Waals surface area contributed by atoms with Gasteiger partial charge < -0.3 is 24.2 Å². The van der Waals surface area contributed by atoms with Crippen molar-refractivity contribution in [2.24, 2.45) is 5.92 Å². The van der Waals surface area contributed by atoms with E-state index in [0.717, 1.165) is 6.42 Å². The third-order valence-electron chi connectivity index (χ3n) is 4.57. The number of amides is 1. The molecule has 0 saturated carbocycles. The normalized spacial score (nSPS) is 19.5. The Labute approximate surface area is 160 Å². The number of piperidine rings is 1. The molecule has 7 nitrogen and oxygen atoms in total. The molecular weight excluding hydrogens is 350 g/mol. The van der Waals surface area contributed by atoms with Crippen LogP contribution in [-0.4, -0.2) is 54.3 Å². The van der Waals surface area contributed by atoms with Crippen molar-refractivity contribution >= 4 is 11.9 Å². The predicted octanol–water partition coefficient (Wildman–Crippen LogP) is 3.21. The molecule has 2 atom stereocenters. The van der Waals surface area contributed by atoms with Crippen molar-refractivity contribution in [2.75, 3.05) is 26.4 Å². The van der Waals surface area contributed by atoms with Gasteiger partial charge in [-0.25, -0.2) is 4.79 Å². The zero-order chi connectivity index (χ0) is 20.0. The van der Waals surface area contributed by atoms with Crippen LogP contribution in [0.25, 0.3) is 0 Å². The molecule has 0 radical (unpaired) electrons. The third kappa shape index (κ3) is 4.84. The molecule has 0 spiro atoms. The molecule has 1 aromatic carbocycles. The highest BCUT2D eigenvalue weighted by molar-refractivity contribution is 5.98. The minimum Gasteiger partial charge on any atom is -0.490 e. The standard InChI is InChI=1S/C20H29NO6/c1-5-25-16-11-14(12-17(26-6-2)18(16)27-7-3)19(22)21-9-8-13(4)10-15(21)20(23)24/h11-13,15H,5-10H2,1-4H3,(H,23,24). The minimum atomic E-state index is -0.976. The molecule has 1 saturated heterocycles. The Kier molecular flexibility index (Phi) is 7.33. The van der Waals surface area contributed by atoms with Gasteiger partial charge in [0.15, 0.2) is 11.5 Å². The van der Waals surface area contributed by atoms with Gasteiger partial charge in [-0.3, -0.25) is 4.79 Å². The van der Waals surface area contributed by atoms with Gasteiger partial charge in [-0.1, -0.05) is 6.92 Å². The highest BCUT2D eigenvalue weighted by Gasteiger charge is 2.35. The molecule has 150 valence electrons. The number of carbonyl (C=O) groups is 2. The minimum absolute atomic E-state index is 0.272. The van der Waals surface area contributed by atoms with Crippen molar-refractivity contribution in [3.63, 3.8) is 0 Å². The van der Waals surface area contributed by atoms with E-state index in [-0.39, 0.29) is 11.8 Å². The number of aliphatic carboxylic acids is 1. The van der Waals surface area contributed by atoms with Crippen LogP contribution >= 0.6 is 0 Å². The van der Waals surface area contributed by atoms with Crippen LogP contribution in [0.5, 0.6) is 17.2 Å². The second-order valence-corrected chi connectivity index (χ2v) is 6.58. The van der Waals surface area contributed by atoms with Crippen molar-refractivity contribution in [3.05, 3.63) is 17.7 Å². The second-order valence-electron chi connectivity index (χ2n) is 6.58. The summed E-state index contributed by atoms with van der Waals surface area (Å²) >= 11 is 0. The fraction of sp³-hybridized carbons (Fsp3) is 0.600. The van der Waals surface area contributed by atoms with Crippen LogP contribution in [0.2, 0.25) is 0 Å². The van der Waals surface area contributed by atoms with E-state index in [0.29, 0.717) is 55.6 Å². The monoisotopic (exact) mass is 379 g/mol. The van der Waals surface area contributed by atoms with E-state index < -0.39 is 12.0 Å². The maximum Gasteiger partial charge on any atom is 0.326 e. The van der Waals surface area contributed by atoms with Gasteiger partial charge >= 0.3 is 5.97 Å². The summed E-state index contributed by atoms with van der Waals surface area (Å²) in [4.78, 5) is 26.2. The number of carbonyl (C=O) groups excluding carboxylic acids is 1. The summed E-state index contributed by atoms with van der Waals surface area (Å²) in [5, 5.41) is 9.55. The molecule has 1 N–H and O–H groups in total. The summed E-state index contributed by atoms with van der Waals surface area (Å²) in [5.41, 5.74) is 0.339. The highest BCUT2D eigenvalue weighted by atomic mass is 16.5. The molecule has 27 heavy (non-hydrogen) atoms. The summed E-state index contributed by atoms with van der Waals surface area (Å²) in [6.07, 6.45) is 1.23. The molecule has 1 amide bonds. The summed E-state index contributed by atoms with van der Waals surface area (Å²) in [6.45, 7) is 9.21. The van der Waals surface area contributed by atoms with Crippen molar-refractivity contribution < 1.29 is 28.9 Å². The van der Waals surface area contributed by atoms with E-state index in [1.54, 1.807) is 12.1 Å². The quantitative estimate of drug-likeness (QED) is 0.746. The number of hydrogen-bond donors (Lipinski definition) is 1. The van der Waals surface area contributed by atoms with Crippen LogP contribution in [-0.2, 0) is 4.79 Å². The van der Waals surface area contributed by atoms with Crippen LogP contribution < -0.4 is 14.2 Å². The number of hydrogen-bond acceptors (Lipinski definition) is 5. The van der Waals surface area contributed by atoms with Crippen LogP contribution in [0.3, 0.4) is 0 Å². The van der Waals surface area contributed by atoms with E-state index in [2.05, 4.69) is 0 Å². The summed E-state index contributed by atoms with van der Waals surface area (Å²) < 4.78 is 17.0. The Morgan fingerprint density at radius 1 is 1.07 bits per heavy atom. The van der Waals surface area contributed by atoms with E-state index in [1.807, 2.05) is 27.7 Å². The highest BCUT2D eigenvalue weighted by Crippen LogP contribution is 2.40. The van der Waals surface area contributed by atoms with E-state index in [1.165, 1.54) is 4.90 Å². The fourth-order valence-corrected chi connectivity index (χ4v) is 3.30.